The summed E-state index contributed by atoms with van der Waals surface area (Å²) in [5, 5.41) is 3.20. The minimum atomic E-state index is 0.778. The second kappa shape index (κ2) is 6.41. The van der Waals surface area contributed by atoms with Gasteiger partial charge >= 0.3 is 0 Å². The number of hydrogen-bond donors (Lipinski definition) is 1. The first-order valence-electron chi connectivity index (χ1n) is 4.47. The Morgan fingerprint density at radius 3 is 2.45 bits per heavy atom. The Kier molecular flexibility index (Phi) is 6.24. The Morgan fingerprint density at radius 1 is 1.36 bits per heavy atom. The average Bonchev–Trinajstić information content (AvgIpc) is 2.00. The first-order chi connectivity index (χ1) is 5.22. The van der Waals surface area contributed by atoms with Crippen LogP contribution in [0.4, 0.5) is 0 Å². The Hall–Kier alpha value is -0.300. The lowest BCUT2D eigenvalue weighted by molar-refractivity contribution is 0.357. The molecule has 0 fully saturated rings. The predicted molar refractivity (Wildman–Crippen MR) is 51.7 cm³/mol. The van der Waals surface area contributed by atoms with E-state index in [1.54, 1.807) is 0 Å². The van der Waals surface area contributed by atoms with Crippen molar-refractivity contribution in [3.8, 4) is 0 Å². The Labute approximate surface area is 70.9 Å². The Bertz CT molecular complexity index is 99.0. The lowest BCUT2D eigenvalue weighted by Gasteiger charge is -2.18. The standard InChI is InChI=1S/C10H21N/c1-5-6-7-9(2)10(3)8-11-4/h5,9-11H,1,6-8H2,2-4H3. The molecule has 0 heterocycles. The lowest BCUT2D eigenvalue weighted by Crippen LogP contribution is -2.21. The summed E-state index contributed by atoms with van der Waals surface area (Å²) in [5.74, 6) is 1.58. The minimum absolute atomic E-state index is 0.778. The summed E-state index contributed by atoms with van der Waals surface area (Å²) < 4.78 is 0. The van der Waals surface area contributed by atoms with E-state index < -0.39 is 0 Å². The zero-order valence-corrected chi connectivity index (χ0v) is 8.06. The van der Waals surface area contributed by atoms with Crippen molar-refractivity contribution in [3.05, 3.63) is 12.7 Å². The normalized spacial score (nSPS) is 15.9. The van der Waals surface area contributed by atoms with E-state index in [-0.39, 0.29) is 0 Å². The third-order valence-corrected chi connectivity index (χ3v) is 2.32. The van der Waals surface area contributed by atoms with Crippen molar-refractivity contribution in [2.75, 3.05) is 13.6 Å². The maximum Gasteiger partial charge on any atom is -0.00236 e. The van der Waals surface area contributed by atoms with Gasteiger partial charge in [0, 0.05) is 0 Å². The fourth-order valence-electron chi connectivity index (χ4n) is 1.19. The van der Waals surface area contributed by atoms with E-state index in [2.05, 4.69) is 25.7 Å². The molecule has 0 aromatic heterocycles. The summed E-state index contributed by atoms with van der Waals surface area (Å²) in [6, 6.07) is 0. The highest BCUT2D eigenvalue weighted by Gasteiger charge is 2.09. The fourth-order valence-corrected chi connectivity index (χ4v) is 1.19. The number of allylic oxidation sites excluding steroid dienone is 1. The van der Waals surface area contributed by atoms with Gasteiger partial charge in [0.05, 0.1) is 0 Å². The van der Waals surface area contributed by atoms with Gasteiger partial charge in [-0.05, 0) is 38.3 Å². The number of hydrogen-bond acceptors (Lipinski definition) is 1. The van der Waals surface area contributed by atoms with E-state index in [0.717, 1.165) is 24.8 Å². The molecule has 0 aliphatic rings. The second-order valence-electron chi connectivity index (χ2n) is 3.38. The van der Waals surface area contributed by atoms with Gasteiger partial charge < -0.3 is 5.32 Å². The smallest absolute Gasteiger partial charge is 0.00236 e. The molecule has 0 aliphatic carbocycles. The van der Waals surface area contributed by atoms with Crippen LogP contribution in [-0.4, -0.2) is 13.6 Å². The molecule has 0 bridgehead atoms. The van der Waals surface area contributed by atoms with Crippen molar-refractivity contribution in [1.29, 1.82) is 0 Å². The second-order valence-corrected chi connectivity index (χ2v) is 3.38. The maximum absolute atomic E-state index is 3.72. The predicted octanol–water partition coefficient (Wildman–Crippen LogP) is 2.44. The molecule has 0 aromatic rings. The summed E-state index contributed by atoms with van der Waals surface area (Å²) in [6.45, 7) is 9.45. The monoisotopic (exact) mass is 155 g/mol. The quantitative estimate of drug-likeness (QED) is 0.581. The van der Waals surface area contributed by atoms with Crippen LogP contribution in [0.5, 0.6) is 0 Å². The third kappa shape index (κ3) is 5.02. The van der Waals surface area contributed by atoms with Crippen LogP contribution in [0.3, 0.4) is 0 Å². The van der Waals surface area contributed by atoms with Crippen LogP contribution in [0.2, 0.25) is 0 Å². The van der Waals surface area contributed by atoms with E-state index in [1.807, 2.05) is 13.1 Å². The van der Waals surface area contributed by atoms with Crippen LogP contribution in [0.25, 0.3) is 0 Å². The lowest BCUT2D eigenvalue weighted by atomic mass is 9.91. The van der Waals surface area contributed by atoms with Gasteiger partial charge in [-0.1, -0.05) is 19.9 Å². The van der Waals surface area contributed by atoms with E-state index in [9.17, 15) is 0 Å². The van der Waals surface area contributed by atoms with Crippen molar-refractivity contribution >= 4 is 0 Å². The molecule has 0 radical (unpaired) electrons. The summed E-state index contributed by atoms with van der Waals surface area (Å²) >= 11 is 0. The van der Waals surface area contributed by atoms with Crippen LogP contribution in [0, 0.1) is 11.8 Å². The molecule has 11 heavy (non-hydrogen) atoms. The SMILES string of the molecule is C=CCCC(C)C(C)CNC. The van der Waals surface area contributed by atoms with Gasteiger partial charge in [-0.15, -0.1) is 6.58 Å². The van der Waals surface area contributed by atoms with E-state index in [4.69, 9.17) is 0 Å². The molecule has 0 aliphatic heterocycles. The maximum atomic E-state index is 3.72. The summed E-state index contributed by atoms with van der Waals surface area (Å²) in [6.07, 6.45) is 4.42. The minimum Gasteiger partial charge on any atom is -0.319 e. The highest BCUT2D eigenvalue weighted by Crippen LogP contribution is 2.15. The van der Waals surface area contributed by atoms with Gasteiger partial charge in [-0.2, -0.15) is 0 Å². The van der Waals surface area contributed by atoms with Crippen molar-refractivity contribution in [1.82, 2.24) is 5.32 Å². The molecule has 1 N–H and O–H groups in total. The van der Waals surface area contributed by atoms with Gasteiger partial charge in [0.15, 0.2) is 0 Å². The topological polar surface area (TPSA) is 12.0 Å². The van der Waals surface area contributed by atoms with Crippen molar-refractivity contribution in [2.24, 2.45) is 11.8 Å². The van der Waals surface area contributed by atoms with Crippen molar-refractivity contribution < 1.29 is 0 Å². The first kappa shape index (κ1) is 10.7. The zero-order valence-electron chi connectivity index (χ0n) is 8.06. The summed E-state index contributed by atoms with van der Waals surface area (Å²) in [7, 11) is 2.01. The molecule has 1 heteroatoms. The Morgan fingerprint density at radius 2 is 2.00 bits per heavy atom. The largest absolute Gasteiger partial charge is 0.319 e. The van der Waals surface area contributed by atoms with E-state index >= 15 is 0 Å². The van der Waals surface area contributed by atoms with Crippen LogP contribution in [0.15, 0.2) is 12.7 Å². The van der Waals surface area contributed by atoms with Crippen LogP contribution in [0.1, 0.15) is 26.7 Å². The van der Waals surface area contributed by atoms with E-state index in [1.165, 1.54) is 6.42 Å². The van der Waals surface area contributed by atoms with Gasteiger partial charge in [0.2, 0.25) is 0 Å². The van der Waals surface area contributed by atoms with Gasteiger partial charge in [-0.25, -0.2) is 0 Å². The van der Waals surface area contributed by atoms with Crippen LogP contribution >= 0.6 is 0 Å². The zero-order chi connectivity index (χ0) is 8.69. The highest BCUT2D eigenvalue weighted by atomic mass is 14.8. The van der Waals surface area contributed by atoms with Gasteiger partial charge in [0.1, 0.15) is 0 Å². The third-order valence-electron chi connectivity index (χ3n) is 2.32. The molecule has 0 saturated heterocycles. The molecular formula is C10H21N. The average molecular weight is 155 g/mol. The molecule has 0 amide bonds. The molecule has 2 unspecified atom stereocenters. The molecule has 0 spiro atoms. The molecule has 1 nitrogen and oxygen atoms in total. The summed E-state index contributed by atoms with van der Waals surface area (Å²) in [5.41, 5.74) is 0. The highest BCUT2D eigenvalue weighted by molar-refractivity contribution is 4.71. The van der Waals surface area contributed by atoms with Crippen LogP contribution in [-0.2, 0) is 0 Å². The van der Waals surface area contributed by atoms with Crippen molar-refractivity contribution in [3.63, 3.8) is 0 Å². The van der Waals surface area contributed by atoms with Crippen molar-refractivity contribution in [2.45, 2.75) is 26.7 Å². The molecule has 0 rings (SSSR count). The fraction of sp³-hybridized carbons (Fsp3) is 0.800. The molecule has 0 aromatic carbocycles. The molecule has 0 saturated carbocycles. The first-order valence-corrected chi connectivity index (χ1v) is 4.47. The van der Waals surface area contributed by atoms with E-state index in [0.29, 0.717) is 0 Å². The Balaban J connectivity index is 3.45. The number of rotatable bonds is 6. The molecular weight excluding hydrogens is 134 g/mol. The summed E-state index contributed by atoms with van der Waals surface area (Å²) in [4.78, 5) is 0. The van der Waals surface area contributed by atoms with Gasteiger partial charge in [0.25, 0.3) is 0 Å². The van der Waals surface area contributed by atoms with Gasteiger partial charge in [-0.3, -0.25) is 0 Å². The van der Waals surface area contributed by atoms with Crippen LogP contribution < -0.4 is 5.32 Å². The number of nitrogens with one attached hydrogen (secondary N) is 1. The molecule has 2 atom stereocenters. The molecule has 66 valence electrons.